The molecule has 0 saturated heterocycles. The van der Waals surface area contributed by atoms with Crippen LogP contribution in [-0.2, 0) is 4.79 Å². The van der Waals surface area contributed by atoms with E-state index in [1.165, 1.54) is 0 Å². The molecule has 0 unspecified atom stereocenters. The molecule has 0 fully saturated rings. The molecule has 0 saturated carbocycles. The predicted molar refractivity (Wildman–Crippen MR) is 31.3 cm³/mol. The molecule has 0 aromatic carbocycles. The van der Waals surface area contributed by atoms with Crippen LogP contribution in [0.2, 0.25) is 0 Å². The van der Waals surface area contributed by atoms with Gasteiger partial charge < -0.3 is 0 Å². The smallest absolute Gasteiger partial charge is 0.191 e. The Balaban J connectivity index is 2.84. The van der Waals surface area contributed by atoms with E-state index in [0.29, 0.717) is 19.3 Å². The second-order valence-corrected chi connectivity index (χ2v) is 2.12. The van der Waals surface area contributed by atoms with Crippen LogP contribution < -0.4 is 0 Å². The third-order valence-corrected chi connectivity index (χ3v) is 1.38. The zero-order valence-corrected chi connectivity index (χ0v) is 4.98. The van der Waals surface area contributed by atoms with Crippen LogP contribution >= 0.6 is 0 Å². The lowest BCUT2D eigenvalue weighted by Crippen LogP contribution is -2.06. The third-order valence-electron chi connectivity index (χ3n) is 1.38. The number of ketones is 1. The molecule has 0 N–H and O–H groups in total. The Kier molecular flexibility index (Phi) is 1.65. The Morgan fingerprint density at radius 2 is 2.11 bits per heavy atom. The number of allylic oxidation sites excluding steroid dienone is 2. The molecule has 0 spiro atoms. The van der Waals surface area contributed by atoms with Crippen molar-refractivity contribution in [3.05, 3.63) is 18.3 Å². The minimum atomic E-state index is -0.721. The summed E-state index contributed by atoms with van der Waals surface area (Å²) in [6.45, 7) is 5.15. The van der Waals surface area contributed by atoms with Crippen molar-refractivity contribution in [2.75, 3.05) is 0 Å². The number of Topliss-reactive ketones (excluding diaryl/α,β-unsaturated/α-hetero) is 1. The van der Waals surface area contributed by atoms with Gasteiger partial charge in [0.05, 0.1) is 0 Å². The fraction of sp³-hybridized carbons (Fsp3) is 0.429. The van der Waals surface area contributed by atoms with E-state index in [4.69, 9.17) is 6.92 Å². The maximum absolute atomic E-state index is 12.4. The van der Waals surface area contributed by atoms with Gasteiger partial charge in [0.1, 0.15) is 0 Å². The summed E-state index contributed by atoms with van der Waals surface area (Å²) in [7, 11) is 0. The monoisotopic (exact) mass is 126 g/mol. The van der Waals surface area contributed by atoms with E-state index >= 15 is 0 Å². The average Bonchev–Trinajstić information content (AvgIpc) is 1.83. The average molecular weight is 126 g/mol. The van der Waals surface area contributed by atoms with E-state index in [9.17, 15) is 9.18 Å². The van der Waals surface area contributed by atoms with Crippen molar-refractivity contribution < 1.29 is 9.18 Å². The van der Waals surface area contributed by atoms with Gasteiger partial charge in [-0.1, -0.05) is 0 Å². The quantitative estimate of drug-likeness (QED) is 0.482. The van der Waals surface area contributed by atoms with Crippen molar-refractivity contribution in [3.63, 3.8) is 0 Å². The number of carbonyl (C=O) groups excluding carboxylic acids is 1. The molecule has 0 aromatic rings. The molecule has 1 aliphatic rings. The standard InChI is InChI=1S/C7H7FO/c1-5-3-2-4-6(9)7(5)8/h1H,2-4H2. The summed E-state index contributed by atoms with van der Waals surface area (Å²) < 4.78 is 12.4. The van der Waals surface area contributed by atoms with Crippen LogP contribution in [0.5, 0.6) is 0 Å². The van der Waals surface area contributed by atoms with Crippen LogP contribution in [0.15, 0.2) is 11.4 Å². The molecule has 0 aliphatic heterocycles. The fourth-order valence-corrected chi connectivity index (χ4v) is 0.838. The van der Waals surface area contributed by atoms with E-state index < -0.39 is 11.6 Å². The highest BCUT2D eigenvalue weighted by molar-refractivity contribution is 5.94. The lowest BCUT2D eigenvalue weighted by molar-refractivity contribution is -0.117. The molecule has 9 heavy (non-hydrogen) atoms. The van der Waals surface area contributed by atoms with Gasteiger partial charge in [-0.3, -0.25) is 4.79 Å². The largest absolute Gasteiger partial charge is 0.292 e. The van der Waals surface area contributed by atoms with Gasteiger partial charge in [0.25, 0.3) is 0 Å². The van der Waals surface area contributed by atoms with Gasteiger partial charge in [-0.25, -0.2) is 4.39 Å². The topological polar surface area (TPSA) is 17.1 Å². The Labute approximate surface area is 53.6 Å². The van der Waals surface area contributed by atoms with Crippen molar-refractivity contribution in [2.24, 2.45) is 0 Å². The SMILES string of the molecule is [CH]C1=C(F)C(=O)CCC1. The number of hydrogen-bond acceptors (Lipinski definition) is 1. The molecule has 0 aromatic heterocycles. The molecule has 48 valence electrons. The fourth-order valence-electron chi connectivity index (χ4n) is 0.838. The van der Waals surface area contributed by atoms with E-state index in [0.717, 1.165) is 0 Å². The zero-order valence-electron chi connectivity index (χ0n) is 4.98. The summed E-state index contributed by atoms with van der Waals surface area (Å²) in [6.07, 6.45) is 1.53. The van der Waals surface area contributed by atoms with Gasteiger partial charge in [0.2, 0.25) is 0 Å². The molecule has 0 heterocycles. The first-order valence-electron chi connectivity index (χ1n) is 2.89. The second kappa shape index (κ2) is 2.29. The summed E-state index contributed by atoms with van der Waals surface area (Å²) in [5.74, 6) is -1.17. The van der Waals surface area contributed by atoms with E-state index in [1.807, 2.05) is 0 Å². The molecule has 2 heteroatoms. The van der Waals surface area contributed by atoms with E-state index in [2.05, 4.69) is 0 Å². The lowest BCUT2D eigenvalue weighted by atomic mass is 9.99. The summed E-state index contributed by atoms with van der Waals surface area (Å²) in [6, 6.07) is 0. The predicted octanol–water partition coefficient (Wildman–Crippen LogP) is 1.67. The number of rotatable bonds is 0. The highest BCUT2D eigenvalue weighted by atomic mass is 19.1. The number of hydrogen-bond donors (Lipinski definition) is 0. The van der Waals surface area contributed by atoms with Crippen LogP contribution in [0.25, 0.3) is 0 Å². The summed E-state index contributed by atoms with van der Waals surface area (Å²) in [5.41, 5.74) is 0.117. The van der Waals surface area contributed by atoms with Gasteiger partial charge >= 0.3 is 0 Å². The molecule has 1 aliphatic carbocycles. The first kappa shape index (κ1) is 6.46. The van der Waals surface area contributed by atoms with E-state index in [-0.39, 0.29) is 5.57 Å². The Morgan fingerprint density at radius 1 is 1.44 bits per heavy atom. The molecule has 1 nitrogen and oxygen atoms in total. The van der Waals surface area contributed by atoms with Crippen molar-refractivity contribution >= 4 is 5.78 Å². The van der Waals surface area contributed by atoms with Crippen LogP contribution in [0.3, 0.4) is 0 Å². The van der Waals surface area contributed by atoms with E-state index in [1.54, 1.807) is 0 Å². The first-order valence-corrected chi connectivity index (χ1v) is 2.89. The maximum Gasteiger partial charge on any atom is 0.191 e. The maximum atomic E-state index is 12.4. The lowest BCUT2D eigenvalue weighted by Gasteiger charge is -2.08. The molecule has 0 amide bonds. The van der Waals surface area contributed by atoms with Gasteiger partial charge in [-0.2, -0.15) is 0 Å². The Hall–Kier alpha value is -0.660. The third kappa shape index (κ3) is 1.18. The van der Waals surface area contributed by atoms with Gasteiger partial charge in [-0.15, -0.1) is 0 Å². The minimum absolute atomic E-state index is 0.117. The van der Waals surface area contributed by atoms with Gasteiger partial charge in [0.15, 0.2) is 11.6 Å². The Bertz CT molecular complexity index is 170. The molecule has 1 rings (SSSR count). The van der Waals surface area contributed by atoms with Gasteiger partial charge in [-0.05, 0) is 25.3 Å². The molecular formula is C7H7FO. The van der Waals surface area contributed by atoms with Crippen molar-refractivity contribution in [1.29, 1.82) is 0 Å². The molecular weight excluding hydrogens is 119 g/mol. The number of halogens is 1. The van der Waals surface area contributed by atoms with Crippen LogP contribution in [-0.4, -0.2) is 5.78 Å². The van der Waals surface area contributed by atoms with Crippen LogP contribution in [0, 0.1) is 6.92 Å². The van der Waals surface area contributed by atoms with Crippen molar-refractivity contribution in [1.82, 2.24) is 0 Å². The molecule has 0 atom stereocenters. The zero-order chi connectivity index (χ0) is 6.85. The van der Waals surface area contributed by atoms with Crippen molar-refractivity contribution in [3.8, 4) is 0 Å². The highest BCUT2D eigenvalue weighted by Gasteiger charge is 2.16. The second-order valence-electron chi connectivity index (χ2n) is 2.12. The van der Waals surface area contributed by atoms with Gasteiger partial charge in [0, 0.05) is 6.42 Å². The summed E-state index contributed by atoms with van der Waals surface area (Å²) in [4.78, 5) is 10.5. The van der Waals surface area contributed by atoms with Crippen LogP contribution in [0.4, 0.5) is 4.39 Å². The minimum Gasteiger partial charge on any atom is -0.292 e. The molecule has 2 radical (unpaired) electrons. The Morgan fingerprint density at radius 3 is 2.56 bits per heavy atom. The summed E-state index contributed by atoms with van der Waals surface area (Å²) in [5, 5.41) is 0. The van der Waals surface area contributed by atoms with Crippen LogP contribution in [0.1, 0.15) is 19.3 Å². The van der Waals surface area contributed by atoms with Crippen molar-refractivity contribution in [2.45, 2.75) is 19.3 Å². The first-order chi connectivity index (χ1) is 4.22. The normalized spacial score (nSPS) is 20.9. The molecule has 0 bridgehead atoms. The number of carbonyl (C=O) groups is 1. The summed E-state index contributed by atoms with van der Waals surface area (Å²) >= 11 is 0. The highest BCUT2D eigenvalue weighted by Crippen LogP contribution is 2.21.